The molecule has 1 N–H and O–H groups in total. The van der Waals surface area contributed by atoms with E-state index < -0.39 is 0 Å². The van der Waals surface area contributed by atoms with Crippen molar-refractivity contribution in [2.45, 2.75) is 19.4 Å². The number of hydrogen-bond donors (Lipinski definition) is 1. The molecule has 0 bridgehead atoms. The molecule has 0 fully saturated rings. The summed E-state index contributed by atoms with van der Waals surface area (Å²) in [6, 6.07) is 0.227. The maximum absolute atomic E-state index is 4.30. The van der Waals surface area contributed by atoms with Crippen molar-refractivity contribution in [3.05, 3.63) is 36.4 Å². The normalized spacial score (nSPS) is 12.5. The summed E-state index contributed by atoms with van der Waals surface area (Å²) in [5.74, 6) is 0. The average Bonchev–Trinajstić information content (AvgIpc) is 2.16. The van der Waals surface area contributed by atoms with Gasteiger partial charge in [-0.3, -0.25) is 9.97 Å². The molecule has 1 atom stereocenters. The zero-order valence-electron chi connectivity index (χ0n) is 8.12. The molecule has 0 saturated carbocycles. The van der Waals surface area contributed by atoms with Gasteiger partial charge in [0.05, 0.1) is 23.6 Å². The quantitative estimate of drug-likeness (QED) is 0.710. The Labute approximate surface area is 78.9 Å². The standard InChI is InChI=1S/C10H15N3/c1-4-5-9(11-3)10-7-12-8(2)6-13-10/h4,6-7,9,11H,1,5H2,2-3H3. The number of rotatable bonds is 4. The molecule has 1 aromatic heterocycles. The summed E-state index contributed by atoms with van der Waals surface area (Å²) in [4.78, 5) is 8.49. The molecule has 0 radical (unpaired) electrons. The minimum atomic E-state index is 0.227. The highest BCUT2D eigenvalue weighted by atomic mass is 14.9. The Morgan fingerprint density at radius 1 is 1.54 bits per heavy atom. The molecule has 0 saturated heterocycles. The second kappa shape index (κ2) is 4.72. The van der Waals surface area contributed by atoms with Crippen LogP contribution in [0.3, 0.4) is 0 Å². The number of aryl methyl sites for hydroxylation is 1. The van der Waals surface area contributed by atoms with Gasteiger partial charge in [-0.2, -0.15) is 0 Å². The third-order valence-electron chi connectivity index (χ3n) is 1.91. The molecular weight excluding hydrogens is 162 g/mol. The molecule has 0 aliphatic carbocycles. The second-order valence-electron chi connectivity index (χ2n) is 2.95. The molecule has 0 aliphatic heterocycles. The summed E-state index contributed by atoms with van der Waals surface area (Å²) in [6.45, 7) is 5.63. The first kappa shape index (κ1) is 9.86. The lowest BCUT2D eigenvalue weighted by molar-refractivity contribution is 0.583. The highest BCUT2D eigenvalue weighted by Crippen LogP contribution is 2.12. The van der Waals surface area contributed by atoms with Gasteiger partial charge in [-0.05, 0) is 20.4 Å². The van der Waals surface area contributed by atoms with Crippen LogP contribution in [0.1, 0.15) is 23.9 Å². The van der Waals surface area contributed by atoms with E-state index in [-0.39, 0.29) is 6.04 Å². The first-order valence-corrected chi connectivity index (χ1v) is 4.34. The number of nitrogens with one attached hydrogen (secondary N) is 1. The smallest absolute Gasteiger partial charge is 0.0759 e. The van der Waals surface area contributed by atoms with Crippen molar-refractivity contribution >= 4 is 0 Å². The van der Waals surface area contributed by atoms with Crippen molar-refractivity contribution in [3.8, 4) is 0 Å². The molecule has 3 nitrogen and oxygen atoms in total. The average molecular weight is 177 g/mol. The van der Waals surface area contributed by atoms with Crippen LogP contribution < -0.4 is 5.32 Å². The van der Waals surface area contributed by atoms with Gasteiger partial charge in [-0.25, -0.2) is 0 Å². The van der Waals surface area contributed by atoms with E-state index >= 15 is 0 Å². The van der Waals surface area contributed by atoms with E-state index in [1.165, 1.54) is 0 Å². The summed E-state index contributed by atoms with van der Waals surface area (Å²) < 4.78 is 0. The predicted molar refractivity (Wildman–Crippen MR) is 53.4 cm³/mol. The largest absolute Gasteiger partial charge is 0.311 e. The third kappa shape index (κ3) is 2.63. The molecule has 1 rings (SSSR count). The Morgan fingerprint density at radius 2 is 2.31 bits per heavy atom. The fraction of sp³-hybridized carbons (Fsp3) is 0.400. The summed E-state index contributed by atoms with van der Waals surface area (Å²) in [6.07, 6.45) is 6.33. The van der Waals surface area contributed by atoms with Gasteiger partial charge in [0, 0.05) is 6.20 Å². The van der Waals surface area contributed by atoms with Gasteiger partial charge in [0.15, 0.2) is 0 Å². The third-order valence-corrected chi connectivity index (χ3v) is 1.91. The summed E-state index contributed by atoms with van der Waals surface area (Å²) in [5, 5.41) is 3.16. The van der Waals surface area contributed by atoms with E-state index in [4.69, 9.17) is 0 Å². The fourth-order valence-electron chi connectivity index (χ4n) is 1.14. The lowest BCUT2D eigenvalue weighted by Gasteiger charge is -2.12. The van der Waals surface area contributed by atoms with Crippen molar-refractivity contribution in [1.82, 2.24) is 15.3 Å². The summed E-state index contributed by atoms with van der Waals surface area (Å²) in [7, 11) is 1.91. The minimum Gasteiger partial charge on any atom is -0.311 e. The Bertz CT molecular complexity index is 266. The molecular formula is C10H15N3. The van der Waals surface area contributed by atoms with Gasteiger partial charge in [0.2, 0.25) is 0 Å². The van der Waals surface area contributed by atoms with Crippen LogP contribution in [-0.4, -0.2) is 17.0 Å². The van der Waals surface area contributed by atoms with Crippen molar-refractivity contribution in [2.24, 2.45) is 0 Å². The van der Waals surface area contributed by atoms with Crippen LogP contribution in [0.4, 0.5) is 0 Å². The van der Waals surface area contributed by atoms with E-state index in [0.717, 1.165) is 17.8 Å². The highest BCUT2D eigenvalue weighted by Gasteiger charge is 2.07. The Balaban J connectivity index is 2.78. The zero-order valence-corrected chi connectivity index (χ0v) is 8.12. The topological polar surface area (TPSA) is 37.8 Å². The molecule has 0 aromatic carbocycles. The van der Waals surface area contributed by atoms with E-state index in [9.17, 15) is 0 Å². The van der Waals surface area contributed by atoms with Crippen LogP contribution in [0.2, 0.25) is 0 Å². The second-order valence-corrected chi connectivity index (χ2v) is 2.95. The van der Waals surface area contributed by atoms with E-state index in [1.807, 2.05) is 20.0 Å². The molecule has 3 heteroatoms. The van der Waals surface area contributed by atoms with Crippen LogP contribution in [0, 0.1) is 6.92 Å². The molecule has 1 heterocycles. The lowest BCUT2D eigenvalue weighted by Crippen LogP contribution is -2.17. The minimum absolute atomic E-state index is 0.227. The van der Waals surface area contributed by atoms with Crippen molar-refractivity contribution in [3.63, 3.8) is 0 Å². The zero-order chi connectivity index (χ0) is 9.68. The molecule has 0 amide bonds. The van der Waals surface area contributed by atoms with Gasteiger partial charge < -0.3 is 5.32 Å². The molecule has 70 valence electrons. The Hall–Kier alpha value is -1.22. The van der Waals surface area contributed by atoms with Crippen LogP contribution in [-0.2, 0) is 0 Å². The Morgan fingerprint density at radius 3 is 2.77 bits per heavy atom. The van der Waals surface area contributed by atoms with E-state index in [1.54, 1.807) is 12.4 Å². The van der Waals surface area contributed by atoms with Gasteiger partial charge in [-0.1, -0.05) is 6.08 Å². The number of aromatic nitrogens is 2. The number of nitrogens with zero attached hydrogens (tertiary/aromatic N) is 2. The monoisotopic (exact) mass is 177 g/mol. The first-order chi connectivity index (χ1) is 6.27. The molecule has 1 unspecified atom stereocenters. The maximum atomic E-state index is 4.30. The van der Waals surface area contributed by atoms with E-state index in [2.05, 4.69) is 21.9 Å². The van der Waals surface area contributed by atoms with Gasteiger partial charge in [0.25, 0.3) is 0 Å². The van der Waals surface area contributed by atoms with Crippen LogP contribution >= 0.6 is 0 Å². The van der Waals surface area contributed by atoms with Gasteiger partial charge in [0.1, 0.15) is 0 Å². The highest BCUT2D eigenvalue weighted by molar-refractivity contribution is 5.06. The van der Waals surface area contributed by atoms with Gasteiger partial charge >= 0.3 is 0 Å². The van der Waals surface area contributed by atoms with Crippen molar-refractivity contribution < 1.29 is 0 Å². The maximum Gasteiger partial charge on any atom is 0.0759 e. The molecule has 1 aromatic rings. The fourth-order valence-corrected chi connectivity index (χ4v) is 1.14. The van der Waals surface area contributed by atoms with Crippen LogP contribution in [0.15, 0.2) is 25.0 Å². The molecule has 0 spiro atoms. The van der Waals surface area contributed by atoms with Crippen molar-refractivity contribution in [2.75, 3.05) is 7.05 Å². The molecule has 13 heavy (non-hydrogen) atoms. The summed E-state index contributed by atoms with van der Waals surface area (Å²) >= 11 is 0. The number of hydrogen-bond acceptors (Lipinski definition) is 3. The summed E-state index contributed by atoms with van der Waals surface area (Å²) in [5.41, 5.74) is 1.91. The SMILES string of the molecule is C=CCC(NC)c1cnc(C)cn1. The van der Waals surface area contributed by atoms with Crippen LogP contribution in [0.25, 0.3) is 0 Å². The van der Waals surface area contributed by atoms with Gasteiger partial charge in [-0.15, -0.1) is 6.58 Å². The van der Waals surface area contributed by atoms with Crippen LogP contribution in [0.5, 0.6) is 0 Å². The predicted octanol–water partition coefficient (Wildman–Crippen LogP) is 1.62. The molecule has 0 aliphatic rings. The van der Waals surface area contributed by atoms with E-state index in [0.29, 0.717) is 0 Å². The van der Waals surface area contributed by atoms with Crippen molar-refractivity contribution in [1.29, 1.82) is 0 Å². The first-order valence-electron chi connectivity index (χ1n) is 4.34. The lowest BCUT2D eigenvalue weighted by atomic mass is 10.1. The Kier molecular flexibility index (Phi) is 3.58.